The zero-order valence-corrected chi connectivity index (χ0v) is 13.9. The summed E-state index contributed by atoms with van der Waals surface area (Å²) in [6.45, 7) is 4.40. The van der Waals surface area contributed by atoms with Crippen molar-refractivity contribution in [3.63, 3.8) is 0 Å². The van der Waals surface area contributed by atoms with Gasteiger partial charge in [-0.2, -0.15) is 0 Å². The van der Waals surface area contributed by atoms with E-state index in [2.05, 4.69) is 73.8 Å². The van der Waals surface area contributed by atoms with Gasteiger partial charge in [0.1, 0.15) is 5.75 Å². The summed E-state index contributed by atoms with van der Waals surface area (Å²) in [5.41, 5.74) is 2.51. The fourth-order valence-electron chi connectivity index (χ4n) is 3.21. The molecule has 2 heteroatoms. The Hall–Kier alpha value is -2.32. The number of para-hydroxylation sites is 1. The van der Waals surface area contributed by atoms with Gasteiger partial charge in [-0.05, 0) is 36.2 Å². The summed E-state index contributed by atoms with van der Waals surface area (Å²) in [4.78, 5) is 0. The maximum absolute atomic E-state index is 5.48. The Morgan fingerprint density at radius 1 is 0.739 bits per heavy atom. The zero-order chi connectivity index (χ0) is 16.2. The van der Waals surface area contributed by atoms with Crippen LogP contribution >= 0.6 is 0 Å². The molecule has 23 heavy (non-hydrogen) atoms. The van der Waals surface area contributed by atoms with Crippen LogP contribution in [0.3, 0.4) is 0 Å². The molecule has 2 nitrogen and oxygen atoms in total. The summed E-state index contributed by atoms with van der Waals surface area (Å²) in [5.74, 6) is 0.928. The summed E-state index contributed by atoms with van der Waals surface area (Å²) in [7, 11) is 1.72. The third kappa shape index (κ3) is 3.22. The van der Waals surface area contributed by atoms with Crippen molar-refractivity contribution < 1.29 is 4.74 Å². The van der Waals surface area contributed by atoms with Gasteiger partial charge in [-0.25, -0.2) is 0 Å². The Kier molecular flexibility index (Phi) is 4.63. The highest BCUT2D eigenvalue weighted by Crippen LogP contribution is 2.29. The van der Waals surface area contributed by atoms with Crippen LogP contribution in [0.15, 0.2) is 66.7 Å². The molecule has 0 radical (unpaired) electrons. The molecule has 3 aromatic rings. The second-order valence-corrected chi connectivity index (χ2v) is 5.92. The molecule has 2 atom stereocenters. The monoisotopic (exact) mass is 305 g/mol. The molecule has 0 saturated heterocycles. The Morgan fingerprint density at radius 2 is 1.35 bits per heavy atom. The number of fused-ring (bicyclic) bond motifs is 1. The molecular weight excluding hydrogens is 282 g/mol. The van der Waals surface area contributed by atoms with Crippen LogP contribution in [0.4, 0.5) is 0 Å². The smallest absolute Gasteiger partial charge is 0.123 e. The molecule has 0 spiro atoms. The van der Waals surface area contributed by atoms with Crippen LogP contribution in [0, 0.1) is 0 Å². The van der Waals surface area contributed by atoms with Crippen LogP contribution in [0.1, 0.15) is 37.1 Å². The van der Waals surface area contributed by atoms with Gasteiger partial charge in [0.15, 0.2) is 0 Å². The van der Waals surface area contributed by atoms with E-state index in [0.717, 1.165) is 5.75 Å². The van der Waals surface area contributed by atoms with Crippen molar-refractivity contribution in [1.29, 1.82) is 0 Å². The lowest BCUT2D eigenvalue weighted by molar-refractivity contribution is 0.397. The van der Waals surface area contributed by atoms with Gasteiger partial charge >= 0.3 is 0 Å². The van der Waals surface area contributed by atoms with E-state index in [1.165, 1.54) is 21.9 Å². The van der Waals surface area contributed by atoms with Crippen molar-refractivity contribution in [1.82, 2.24) is 5.32 Å². The van der Waals surface area contributed by atoms with Crippen LogP contribution in [0.25, 0.3) is 10.8 Å². The second kappa shape index (κ2) is 6.84. The first-order valence-electron chi connectivity index (χ1n) is 8.07. The molecule has 0 bridgehead atoms. The molecule has 1 N–H and O–H groups in total. The molecule has 0 fully saturated rings. The fraction of sp³-hybridized carbons (Fsp3) is 0.238. The van der Waals surface area contributed by atoms with Gasteiger partial charge in [0.05, 0.1) is 7.11 Å². The van der Waals surface area contributed by atoms with E-state index in [-0.39, 0.29) is 12.1 Å². The van der Waals surface area contributed by atoms with Crippen molar-refractivity contribution in [2.75, 3.05) is 7.11 Å². The Bertz CT molecular complexity index is 791. The maximum Gasteiger partial charge on any atom is 0.123 e. The molecule has 0 heterocycles. The molecule has 0 aliphatic rings. The third-order valence-corrected chi connectivity index (χ3v) is 4.40. The van der Waals surface area contributed by atoms with E-state index >= 15 is 0 Å². The molecule has 3 rings (SSSR count). The molecule has 0 amide bonds. The normalized spacial score (nSPS) is 13.7. The molecule has 0 aliphatic heterocycles. The Morgan fingerprint density at radius 3 is 2.17 bits per heavy atom. The standard InChI is InChI=1S/C21H23NO/c1-15(18-13-8-10-17-9-4-5-12-20(17)18)22-16(2)19-11-6-7-14-21(19)23-3/h4-16,22H,1-3H3/t15-,16+/m1/s1. The Labute approximate surface area is 138 Å². The summed E-state index contributed by atoms with van der Waals surface area (Å²) in [6, 6.07) is 23.7. The first-order valence-corrected chi connectivity index (χ1v) is 8.07. The molecule has 0 aliphatic carbocycles. The first-order chi connectivity index (χ1) is 11.2. The van der Waals surface area contributed by atoms with E-state index in [1.54, 1.807) is 7.11 Å². The highest BCUT2D eigenvalue weighted by molar-refractivity contribution is 5.86. The fourth-order valence-corrected chi connectivity index (χ4v) is 3.21. The predicted molar refractivity (Wildman–Crippen MR) is 96.9 cm³/mol. The molecule has 0 unspecified atom stereocenters. The van der Waals surface area contributed by atoms with Crippen LogP contribution in [0.5, 0.6) is 5.75 Å². The van der Waals surface area contributed by atoms with Gasteiger partial charge in [-0.15, -0.1) is 0 Å². The van der Waals surface area contributed by atoms with E-state index in [1.807, 2.05) is 12.1 Å². The van der Waals surface area contributed by atoms with Crippen molar-refractivity contribution >= 4 is 10.8 Å². The number of hydrogen-bond donors (Lipinski definition) is 1. The van der Waals surface area contributed by atoms with E-state index < -0.39 is 0 Å². The van der Waals surface area contributed by atoms with E-state index in [0.29, 0.717) is 0 Å². The summed E-state index contributed by atoms with van der Waals surface area (Å²) >= 11 is 0. The van der Waals surface area contributed by atoms with Crippen molar-refractivity contribution in [2.45, 2.75) is 25.9 Å². The van der Waals surface area contributed by atoms with Crippen molar-refractivity contribution in [2.24, 2.45) is 0 Å². The number of ether oxygens (including phenoxy) is 1. The van der Waals surface area contributed by atoms with Gasteiger partial charge in [0, 0.05) is 17.6 Å². The SMILES string of the molecule is COc1ccccc1[C@H](C)N[C@H](C)c1cccc2ccccc12. The van der Waals surface area contributed by atoms with Crippen molar-refractivity contribution in [3.8, 4) is 5.75 Å². The van der Waals surface area contributed by atoms with E-state index in [9.17, 15) is 0 Å². The summed E-state index contributed by atoms with van der Waals surface area (Å²) < 4.78 is 5.48. The average molecular weight is 305 g/mol. The molecule has 0 saturated carbocycles. The van der Waals surface area contributed by atoms with Gasteiger partial charge in [-0.1, -0.05) is 60.7 Å². The lowest BCUT2D eigenvalue weighted by atomic mass is 9.98. The summed E-state index contributed by atoms with van der Waals surface area (Å²) in [5, 5.41) is 6.29. The first kappa shape index (κ1) is 15.6. The lowest BCUT2D eigenvalue weighted by Crippen LogP contribution is -2.23. The van der Waals surface area contributed by atoms with Gasteiger partial charge < -0.3 is 10.1 Å². The highest BCUT2D eigenvalue weighted by Gasteiger charge is 2.15. The predicted octanol–water partition coefficient (Wildman–Crippen LogP) is 5.26. The lowest BCUT2D eigenvalue weighted by Gasteiger charge is -2.23. The second-order valence-electron chi connectivity index (χ2n) is 5.92. The largest absolute Gasteiger partial charge is 0.496 e. The third-order valence-electron chi connectivity index (χ3n) is 4.40. The van der Waals surface area contributed by atoms with Gasteiger partial charge in [-0.3, -0.25) is 0 Å². The number of hydrogen-bond acceptors (Lipinski definition) is 2. The minimum Gasteiger partial charge on any atom is -0.496 e. The highest BCUT2D eigenvalue weighted by atomic mass is 16.5. The maximum atomic E-state index is 5.48. The number of methoxy groups -OCH3 is 1. The topological polar surface area (TPSA) is 21.3 Å². The number of nitrogens with one attached hydrogen (secondary N) is 1. The molecule has 0 aromatic heterocycles. The summed E-state index contributed by atoms with van der Waals surface area (Å²) in [6.07, 6.45) is 0. The minimum absolute atomic E-state index is 0.208. The van der Waals surface area contributed by atoms with Crippen molar-refractivity contribution in [3.05, 3.63) is 77.9 Å². The number of rotatable bonds is 5. The molecule has 3 aromatic carbocycles. The van der Waals surface area contributed by atoms with Crippen LogP contribution in [-0.2, 0) is 0 Å². The van der Waals surface area contributed by atoms with E-state index in [4.69, 9.17) is 4.74 Å². The van der Waals surface area contributed by atoms with Gasteiger partial charge in [0.25, 0.3) is 0 Å². The average Bonchev–Trinajstić information content (AvgIpc) is 2.61. The van der Waals surface area contributed by atoms with Crippen LogP contribution in [-0.4, -0.2) is 7.11 Å². The Balaban J connectivity index is 1.87. The molecule has 118 valence electrons. The zero-order valence-electron chi connectivity index (χ0n) is 13.9. The van der Waals surface area contributed by atoms with Crippen LogP contribution in [0.2, 0.25) is 0 Å². The minimum atomic E-state index is 0.208. The van der Waals surface area contributed by atoms with Gasteiger partial charge in [0.2, 0.25) is 0 Å². The van der Waals surface area contributed by atoms with Crippen LogP contribution < -0.4 is 10.1 Å². The number of benzene rings is 3. The molecular formula is C21H23NO. The quantitative estimate of drug-likeness (QED) is 0.694.